The Kier molecular flexibility index (Phi) is 4.71. The van der Waals surface area contributed by atoms with Crippen molar-refractivity contribution in [3.05, 3.63) is 90.5 Å². The summed E-state index contributed by atoms with van der Waals surface area (Å²) in [6, 6.07) is 25.4. The summed E-state index contributed by atoms with van der Waals surface area (Å²) in [6.07, 6.45) is 0.307. The molecule has 31 heavy (non-hydrogen) atoms. The number of anilines is 2. The van der Waals surface area contributed by atoms with Gasteiger partial charge in [-0.25, -0.2) is 5.06 Å². The highest BCUT2D eigenvalue weighted by Gasteiger charge is 2.62. The largest absolute Gasteiger partial charge is 0.497 e. The molecule has 2 saturated heterocycles. The van der Waals surface area contributed by atoms with Gasteiger partial charge in [-0.05, 0) is 36.4 Å². The fraction of sp³-hybridized carbons (Fsp3) is 0.200. The average Bonchev–Trinajstić information content (AvgIpc) is 3.26. The Morgan fingerprint density at radius 3 is 2.19 bits per heavy atom. The molecule has 6 nitrogen and oxygen atoms in total. The first-order valence-corrected chi connectivity index (χ1v) is 10.2. The van der Waals surface area contributed by atoms with Crippen LogP contribution in [-0.2, 0) is 9.63 Å². The Bertz CT molecular complexity index is 1100. The zero-order valence-electron chi connectivity index (χ0n) is 17.1. The molecule has 0 aromatic heterocycles. The van der Waals surface area contributed by atoms with E-state index in [1.54, 1.807) is 29.2 Å². The highest BCUT2D eigenvalue weighted by atomic mass is 16.7. The van der Waals surface area contributed by atoms with Crippen LogP contribution in [0.1, 0.15) is 16.8 Å². The van der Waals surface area contributed by atoms with Gasteiger partial charge in [-0.1, -0.05) is 48.5 Å². The van der Waals surface area contributed by atoms with E-state index in [1.165, 1.54) is 0 Å². The van der Waals surface area contributed by atoms with Crippen molar-refractivity contribution in [1.29, 1.82) is 0 Å². The van der Waals surface area contributed by atoms with Gasteiger partial charge in [0.05, 0.1) is 19.3 Å². The minimum atomic E-state index is -1.04. The molecule has 3 aromatic rings. The quantitative estimate of drug-likeness (QED) is 0.469. The van der Waals surface area contributed by atoms with Crippen molar-refractivity contribution in [2.75, 3.05) is 23.6 Å². The molecule has 0 bridgehead atoms. The molecule has 2 fully saturated rings. The SMILES string of the molecule is COc1ccc(N2C[C@]3(C[C@@H](C(=O)c4ccccc4)N(c4ccccc4)O3)C2=O)cc1. The van der Waals surface area contributed by atoms with Crippen LogP contribution in [0.25, 0.3) is 0 Å². The van der Waals surface area contributed by atoms with E-state index in [9.17, 15) is 9.59 Å². The number of ether oxygens (including phenoxy) is 1. The number of nitrogens with zero attached hydrogens (tertiary/aromatic N) is 2. The lowest BCUT2D eigenvalue weighted by Gasteiger charge is -2.45. The van der Waals surface area contributed by atoms with Gasteiger partial charge in [-0.15, -0.1) is 0 Å². The number of β-lactam (4-membered cyclic amide) rings is 1. The van der Waals surface area contributed by atoms with E-state index in [-0.39, 0.29) is 11.7 Å². The van der Waals surface area contributed by atoms with Crippen LogP contribution < -0.4 is 14.7 Å². The Morgan fingerprint density at radius 2 is 1.58 bits per heavy atom. The number of carbonyl (C=O) groups excluding carboxylic acids is 2. The molecule has 0 radical (unpaired) electrons. The number of carbonyl (C=O) groups is 2. The van der Waals surface area contributed by atoms with E-state index >= 15 is 0 Å². The summed E-state index contributed by atoms with van der Waals surface area (Å²) in [5, 5.41) is 1.61. The van der Waals surface area contributed by atoms with E-state index in [0.29, 0.717) is 18.5 Å². The van der Waals surface area contributed by atoms with Crippen LogP contribution in [0.3, 0.4) is 0 Å². The number of methoxy groups -OCH3 is 1. The summed E-state index contributed by atoms with van der Waals surface area (Å²) in [5.41, 5.74) is 1.10. The lowest BCUT2D eigenvalue weighted by molar-refractivity contribution is -0.149. The zero-order chi connectivity index (χ0) is 21.4. The second-order valence-electron chi connectivity index (χ2n) is 7.79. The molecular weight excluding hydrogens is 392 g/mol. The Balaban J connectivity index is 1.43. The molecule has 1 amide bonds. The molecule has 0 unspecified atom stereocenters. The Morgan fingerprint density at radius 1 is 0.935 bits per heavy atom. The molecule has 2 heterocycles. The van der Waals surface area contributed by atoms with Crippen molar-refractivity contribution < 1.29 is 19.2 Å². The van der Waals surface area contributed by atoms with Crippen molar-refractivity contribution >= 4 is 23.1 Å². The lowest BCUT2D eigenvalue weighted by Crippen LogP contribution is -2.67. The van der Waals surface area contributed by atoms with Crippen LogP contribution in [0.2, 0.25) is 0 Å². The first-order chi connectivity index (χ1) is 15.1. The summed E-state index contributed by atoms with van der Waals surface area (Å²) in [4.78, 5) is 34.5. The molecule has 0 N–H and O–H groups in total. The van der Waals surface area contributed by atoms with Gasteiger partial charge < -0.3 is 9.64 Å². The summed E-state index contributed by atoms with van der Waals surface area (Å²) < 4.78 is 5.19. The standard InChI is InChI=1S/C25H22N2O4/c1-30-21-14-12-19(13-15-21)26-17-25(24(26)29)16-22(23(28)18-8-4-2-5-9-18)27(31-25)20-10-6-3-7-11-20/h2-15,22H,16-17H2,1H3/t22-,25+/m0/s1. The number of hydroxylamine groups is 1. The van der Waals surface area contributed by atoms with Gasteiger partial charge in [-0.3, -0.25) is 14.4 Å². The first-order valence-electron chi connectivity index (χ1n) is 10.2. The van der Waals surface area contributed by atoms with Crippen molar-refractivity contribution in [3.63, 3.8) is 0 Å². The normalized spacial score (nSPS) is 22.5. The van der Waals surface area contributed by atoms with Crippen LogP contribution in [-0.4, -0.2) is 37.0 Å². The van der Waals surface area contributed by atoms with Gasteiger partial charge in [0.1, 0.15) is 11.8 Å². The van der Waals surface area contributed by atoms with E-state index in [0.717, 1.165) is 17.1 Å². The van der Waals surface area contributed by atoms with Gasteiger partial charge in [0.25, 0.3) is 5.91 Å². The van der Waals surface area contributed by atoms with E-state index in [4.69, 9.17) is 9.57 Å². The van der Waals surface area contributed by atoms with Crippen LogP contribution in [0.5, 0.6) is 5.75 Å². The van der Waals surface area contributed by atoms with E-state index < -0.39 is 11.6 Å². The third-order valence-electron chi connectivity index (χ3n) is 5.88. The average molecular weight is 414 g/mol. The maximum absolute atomic E-state index is 13.3. The summed E-state index contributed by atoms with van der Waals surface area (Å²) in [7, 11) is 1.60. The third kappa shape index (κ3) is 3.25. The van der Waals surface area contributed by atoms with Gasteiger partial charge in [0.2, 0.25) is 0 Å². The molecule has 3 aromatic carbocycles. The van der Waals surface area contributed by atoms with Crippen LogP contribution in [0.15, 0.2) is 84.9 Å². The smallest absolute Gasteiger partial charge is 0.264 e. The van der Waals surface area contributed by atoms with Crippen LogP contribution in [0, 0.1) is 0 Å². The van der Waals surface area contributed by atoms with Crippen molar-refractivity contribution in [3.8, 4) is 5.75 Å². The molecule has 0 aliphatic carbocycles. The van der Waals surface area contributed by atoms with Crippen molar-refractivity contribution in [1.82, 2.24) is 0 Å². The van der Waals surface area contributed by atoms with Crippen LogP contribution >= 0.6 is 0 Å². The number of amides is 1. The number of hydrogen-bond acceptors (Lipinski definition) is 5. The minimum Gasteiger partial charge on any atom is -0.497 e. The van der Waals surface area contributed by atoms with Crippen molar-refractivity contribution in [2.45, 2.75) is 18.1 Å². The Hall–Kier alpha value is -3.64. The summed E-state index contributed by atoms with van der Waals surface area (Å²) in [5.74, 6) is 0.534. The van der Waals surface area contributed by atoms with E-state index in [1.807, 2.05) is 72.8 Å². The molecule has 6 heteroatoms. The van der Waals surface area contributed by atoms with Gasteiger partial charge in [-0.2, -0.15) is 0 Å². The monoisotopic (exact) mass is 414 g/mol. The second kappa shape index (κ2) is 7.56. The molecule has 2 aliphatic rings. The molecule has 2 atom stereocenters. The molecular formula is C25H22N2O4. The maximum Gasteiger partial charge on any atom is 0.264 e. The number of hydrogen-bond donors (Lipinski definition) is 0. The highest BCUT2D eigenvalue weighted by Crippen LogP contribution is 2.44. The summed E-state index contributed by atoms with van der Waals surface area (Å²) in [6.45, 7) is 0.389. The fourth-order valence-electron chi connectivity index (χ4n) is 4.23. The molecule has 5 rings (SSSR count). The lowest BCUT2D eigenvalue weighted by atomic mass is 9.84. The van der Waals surface area contributed by atoms with Gasteiger partial charge in [0.15, 0.2) is 11.4 Å². The highest BCUT2D eigenvalue weighted by molar-refractivity contribution is 6.09. The van der Waals surface area contributed by atoms with Gasteiger partial charge in [0, 0.05) is 17.7 Å². The second-order valence-corrected chi connectivity index (χ2v) is 7.79. The number of ketones is 1. The van der Waals surface area contributed by atoms with E-state index in [2.05, 4.69) is 0 Å². The third-order valence-corrected chi connectivity index (χ3v) is 5.88. The fourth-order valence-corrected chi connectivity index (χ4v) is 4.23. The molecule has 2 aliphatic heterocycles. The zero-order valence-corrected chi connectivity index (χ0v) is 17.1. The number of Topliss-reactive ketones (excluding diaryl/α,β-unsaturated/α-hetero) is 1. The van der Waals surface area contributed by atoms with Crippen LogP contribution in [0.4, 0.5) is 11.4 Å². The topological polar surface area (TPSA) is 59.1 Å². The predicted octanol–water partition coefficient (Wildman–Crippen LogP) is 3.87. The predicted molar refractivity (Wildman–Crippen MR) is 117 cm³/mol. The van der Waals surface area contributed by atoms with Gasteiger partial charge >= 0.3 is 0 Å². The van der Waals surface area contributed by atoms with Crippen molar-refractivity contribution in [2.24, 2.45) is 0 Å². The first kappa shape index (κ1) is 19.3. The molecule has 1 spiro atoms. The molecule has 0 saturated carbocycles. The maximum atomic E-state index is 13.3. The summed E-state index contributed by atoms with van der Waals surface area (Å²) >= 11 is 0. The number of para-hydroxylation sites is 1. The number of benzene rings is 3. The molecule has 156 valence electrons. The number of rotatable bonds is 5. The Labute approximate surface area is 180 Å². The minimum absolute atomic E-state index is 0.0583.